The molecule has 0 aliphatic rings. The maximum atomic E-state index is 3.97. The van der Waals surface area contributed by atoms with Crippen molar-refractivity contribution >= 4 is 5.95 Å². The maximum Gasteiger partial charge on any atom is 0.223 e. The topological polar surface area (TPSA) is 37.8 Å². The van der Waals surface area contributed by atoms with Gasteiger partial charge in [-0.2, -0.15) is 0 Å². The van der Waals surface area contributed by atoms with Gasteiger partial charge >= 0.3 is 0 Å². The van der Waals surface area contributed by atoms with Crippen LogP contribution < -0.4 is 5.32 Å². The molecule has 3 nitrogen and oxygen atoms in total. The molecule has 0 saturated carbocycles. The Hall–Kier alpha value is -1.12. The van der Waals surface area contributed by atoms with Gasteiger partial charge in [-0.1, -0.05) is 0 Å². The molecule has 1 N–H and O–H groups in total. The molecule has 0 spiro atoms. The molecule has 10 heavy (non-hydrogen) atoms. The molecule has 0 aliphatic carbocycles. The summed E-state index contributed by atoms with van der Waals surface area (Å²) in [5, 5.41) is 3.05. The molecule has 1 aromatic heterocycles. The number of aromatic nitrogens is 2. The van der Waals surface area contributed by atoms with E-state index in [0.29, 0.717) is 12.0 Å². The monoisotopic (exact) mass is 136 g/mol. The van der Waals surface area contributed by atoms with Crippen molar-refractivity contribution in [3.8, 4) is 0 Å². The van der Waals surface area contributed by atoms with Crippen molar-refractivity contribution < 1.29 is 0 Å². The lowest BCUT2D eigenvalue weighted by Gasteiger charge is -2.05. The Labute approximate surface area is 60.5 Å². The summed E-state index contributed by atoms with van der Waals surface area (Å²) in [5.74, 6) is 0.637. The fraction of sp³-hybridized carbons (Fsp3) is 0.429. The number of nitrogens with zero attached hydrogens (tertiary/aromatic N) is 2. The summed E-state index contributed by atoms with van der Waals surface area (Å²) >= 11 is 0. The molecule has 0 aromatic carbocycles. The van der Waals surface area contributed by atoms with Crippen molar-refractivity contribution in [3.05, 3.63) is 18.5 Å². The minimum Gasteiger partial charge on any atom is -0.352 e. The summed E-state index contributed by atoms with van der Waals surface area (Å²) in [7, 11) is 0. The van der Waals surface area contributed by atoms with Crippen molar-refractivity contribution in [2.45, 2.75) is 19.9 Å². The van der Waals surface area contributed by atoms with Crippen LogP contribution >= 0.6 is 0 Å². The predicted molar refractivity (Wildman–Crippen MR) is 39.6 cm³/mol. The normalized spacial score (nSPS) is 9.90. The second-order valence-corrected chi connectivity index (χ2v) is 2.31. The maximum absolute atomic E-state index is 3.97. The highest BCUT2D eigenvalue weighted by Gasteiger charge is 1.93. The number of hydrogen-bond donors (Lipinski definition) is 1. The zero-order valence-electron chi connectivity index (χ0n) is 6.13. The van der Waals surface area contributed by atoms with Crippen molar-refractivity contribution in [2.24, 2.45) is 0 Å². The van der Waals surface area contributed by atoms with Crippen LogP contribution in [0.4, 0.5) is 5.95 Å². The largest absolute Gasteiger partial charge is 0.352 e. The van der Waals surface area contributed by atoms with Crippen molar-refractivity contribution in [1.82, 2.24) is 9.97 Å². The summed E-state index contributed by atoms with van der Waals surface area (Å²) in [4.78, 5) is 7.84. The number of anilines is 1. The molecule has 53 valence electrons. The summed E-state index contributed by atoms with van der Waals surface area (Å²) < 4.78 is 0. The van der Waals surface area contributed by atoms with Gasteiger partial charge in [0.1, 0.15) is 0 Å². The van der Waals surface area contributed by atoms with E-state index in [-0.39, 0.29) is 0 Å². The lowest BCUT2D eigenvalue weighted by Crippen LogP contribution is -2.11. The van der Waals surface area contributed by atoms with Crippen molar-refractivity contribution in [2.75, 3.05) is 5.32 Å². The minimum atomic E-state index is 0.371. The highest BCUT2D eigenvalue weighted by atomic mass is 15.1. The van der Waals surface area contributed by atoms with Crippen molar-refractivity contribution in [3.63, 3.8) is 0 Å². The molecule has 1 heterocycles. The van der Waals surface area contributed by atoms with Gasteiger partial charge in [0.2, 0.25) is 5.95 Å². The predicted octanol–water partition coefficient (Wildman–Crippen LogP) is 1.10. The zero-order valence-corrected chi connectivity index (χ0v) is 6.13. The first-order chi connectivity index (χ1) is 4.79. The Kier molecular flexibility index (Phi) is 2.20. The van der Waals surface area contributed by atoms with Crippen LogP contribution in [0.1, 0.15) is 13.8 Å². The SMILES string of the molecule is CC(C)Nc1n[c]ccn1. The lowest BCUT2D eigenvalue weighted by molar-refractivity contribution is 0.873. The molecule has 1 rings (SSSR count). The molecule has 0 aliphatic heterocycles. The number of nitrogens with one attached hydrogen (secondary N) is 1. The highest BCUT2D eigenvalue weighted by Crippen LogP contribution is 1.95. The molecule has 3 heteroatoms. The fourth-order valence-electron chi connectivity index (χ4n) is 0.596. The number of hydrogen-bond acceptors (Lipinski definition) is 3. The molecular weight excluding hydrogens is 126 g/mol. The molecule has 0 saturated heterocycles. The Morgan fingerprint density at radius 1 is 1.60 bits per heavy atom. The van der Waals surface area contributed by atoms with Crippen molar-refractivity contribution in [1.29, 1.82) is 0 Å². The minimum absolute atomic E-state index is 0.371. The average molecular weight is 136 g/mol. The van der Waals surface area contributed by atoms with E-state index in [1.54, 1.807) is 12.3 Å². The molecular formula is C7H10N3. The van der Waals surface area contributed by atoms with Gasteiger partial charge in [0.15, 0.2) is 0 Å². The van der Waals surface area contributed by atoms with Crippen LogP contribution in [0.15, 0.2) is 12.3 Å². The average Bonchev–Trinajstić information content (AvgIpc) is 1.88. The first kappa shape index (κ1) is 6.99. The Morgan fingerprint density at radius 2 is 2.40 bits per heavy atom. The van der Waals surface area contributed by atoms with Crippen LogP contribution in [0.3, 0.4) is 0 Å². The first-order valence-corrected chi connectivity index (χ1v) is 3.24. The molecule has 0 bridgehead atoms. The van der Waals surface area contributed by atoms with E-state index in [0.717, 1.165) is 0 Å². The Balaban J connectivity index is 2.59. The van der Waals surface area contributed by atoms with Gasteiger partial charge in [-0.3, -0.25) is 0 Å². The number of rotatable bonds is 2. The Morgan fingerprint density at radius 3 is 2.90 bits per heavy atom. The van der Waals surface area contributed by atoms with E-state index in [2.05, 4.69) is 21.5 Å². The van der Waals surface area contributed by atoms with Gasteiger partial charge in [-0.15, -0.1) is 0 Å². The molecule has 0 unspecified atom stereocenters. The van der Waals surface area contributed by atoms with Crippen LogP contribution in [0.5, 0.6) is 0 Å². The van der Waals surface area contributed by atoms with E-state index in [1.165, 1.54) is 0 Å². The second kappa shape index (κ2) is 3.15. The van der Waals surface area contributed by atoms with E-state index < -0.39 is 0 Å². The van der Waals surface area contributed by atoms with Gasteiger partial charge < -0.3 is 5.32 Å². The van der Waals surface area contributed by atoms with Crippen LogP contribution in [-0.2, 0) is 0 Å². The highest BCUT2D eigenvalue weighted by molar-refractivity contribution is 5.22. The van der Waals surface area contributed by atoms with Crippen LogP contribution in [-0.4, -0.2) is 16.0 Å². The third kappa shape index (κ3) is 2.01. The smallest absolute Gasteiger partial charge is 0.223 e. The molecule has 0 amide bonds. The van der Waals surface area contributed by atoms with Gasteiger partial charge in [-0.05, 0) is 19.9 Å². The lowest BCUT2D eigenvalue weighted by atomic mass is 10.4. The fourth-order valence-corrected chi connectivity index (χ4v) is 0.596. The van der Waals surface area contributed by atoms with E-state index in [1.807, 2.05) is 13.8 Å². The first-order valence-electron chi connectivity index (χ1n) is 3.24. The van der Waals surface area contributed by atoms with Crippen LogP contribution in [0.25, 0.3) is 0 Å². The molecule has 0 atom stereocenters. The molecule has 1 radical (unpaired) electrons. The molecule has 0 fully saturated rings. The van der Waals surface area contributed by atoms with Crippen LogP contribution in [0.2, 0.25) is 0 Å². The van der Waals surface area contributed by atoms with Crippen LogP contribution in [0, 0.1) is 6.20 Å². The van der Waals surface area contributed by atoms with Gasteiger partial charge in [0, 0.05) is 12.2 Å². The third-order valence-corrected chi connectivity index (χ3v) is 0.934. The van der Waals surface area contributed by atoms with E-state index in [4.69, 9.17) is 0 Å². The summed E-state index contributed by atoms with van der Waals surface area (Å²) in [6.45, 7) is 4.08. The summed E-state index contributed by atoms with van der Waals surface area (Å²) in [6, 6.07) is 2.04. The van der Waals surface area contributed by atoms with Gasteiger partial charge in [-0.25, -0.2) is 9.97 Å². The quantitative estimate of drug-likeness (QED) is 0.661. The Bertz CT molecular complexity index is 183. The van der Waals surface area contributed by atoms with E-state index in [9.17, 15) is 0 Å². The zero-order chi connectivity index (χ0) is 7.40. The van der Waals surface area contributed by atoms with Gasteiger partial charge in [0.05, 0.1) is 6.20 Å². The summed E-state index contributed by atoms with van der Waals surface area (Å²) in [6.07, 6.45) is 4.36. The standard InChI is InChI=1S/C7H10N3/c1-6(2)10-7-8-4-3-5-9-7/h3-4,6H,1-2H3,(H,8,9,10). The molecule has 1 aromatic rings. The second-order valence-electron chi connectivity index (χ2n) is 2.31. The third-order valence-electron chi connectivity index (χ3n) is 0.934. The van der Waals surface area contributed by atoms with E-state index >= 15 is 0 Å². The van der Waals surface area contributed by atoms with Gasteiger partial charge in [0.25, 0.3) is 0 Å². The summed E-state index contributed by atoms with van der Waals surface area (Å²) in [5.41, 5.74) is 0.